The molecule has 2 atom stereocenters. The van der Waals surface area contributed by atoms with Gasteiger partial charge < -0.3 is 0 Å². The van der Waals surface area contributed by atoms with Crippen molar-refractivity contribution in [2.45, 2.75) is 39.3 Å². The van der Waals surface area contributed by atoms with Gasteiger partial charge >= 0.3 is 0 Å². The van der Waals surface area contributed by atoms with Crippen LogP contribution in [-0.2, 0) is 4.79 Å². The molecule has 0 spiro atoms. The van der Waals surface area contributed by atoms with E-state index < -0.39 is 0 Å². The first-order chi connectivity index (χ1) is 10.6. The quantitative estimate of drug-likeness (QED) is 0.797. The van der Waals surface area contributed by atoms with E-state index in [4.69, 9.17) is 0 Å². The normalized spacial score (nSPS) is 42.8. The van der Waals surface area contributed by atoms with Gasteiger partial charge in [0.15, 0.2) is 11.5 Å². The maximum Gasteiger partial charge on any atom is 0.257 e. The molecule has 5 heterocycles. The van der Waals surface area contributed by atoms with E-state index in [0.717, 1.165) is 32.6 Å². The van der Waals surface area contributed by atoms with Crippen LogP contribution in [0.4, 0.5) is 0 Å². The zero-order valence-electron chi connectivity index (χ0n) is 13.7. The fraction of sp³-hybridized carbons (Fsp3) is 0.667. The lowest BCUT2D eigenvalue weighted by Crippen LogP contribution is -3.41. The van der Waals surface area contributed by atoms with Gasteiger partial charge in [0.1, 0.15) is 37.0 Å². The zero-order chi connectivity index (χ0) is 15.4. The third-order valence-electron chi connectivity index (χ3n) is 6.20. The number of hydrogen-bond donors (Lipinski definition) is 2. The highest BCUT2D eigenvalue weighted by Crippen LogP contribution is 2.39. The monoisotopic (exact) mass is 301 g/mol. The minimum absolute atomic E-state index is 0.0583. The second-order valence-electron chi connectivity index (χ2n) is 7.98. The first-order valence-corrected chi connectivity index (χ1v) is 8.73. The lowest BCUT2D eigenvalue weighted by Gasteiger charge is -2.59. The predicted molar refractivity (Wildman–Crippen MR) is 83.4 cm³/mol. The molecule has 0 amide bonds. The van der Waals surface area contributed by atoms with Gasteiger partial charge in [0.05, 0.1) is 0 Å². The van der Waals surface area contributed by atoms with Crippen molar-refractivity contribution in [2.75, 3.05) is 26.2 Å². The van der Waals surface area contributed by atoms with Crippen LogP contribution in [0.5, 0.6) is 0 Å². The summed E-state index contributed by atoms with van der Waals surface area (Å²) < 4.78 is 0. The maximum atomic E-state index is 13.1. The van der Waals surface area contributed by atoms with E-state index in [0.29, 0.717) is 11.9 Å². The third-order valence-corrected chi connectivity index (χ3v) is 6.20. The molecule has 0 saturated carbocycles. The van der Waals surface area contributed by atoms with E-state index in [1.165, 1.54) is 18.5 Å². The number of piperidine rings is 2. The summed E-state index contributed by atoms with van der Waals surface area (Å²) in [5, 5.41) is 0. The van der Waals surface area contributed by atoms with Gasteiger partial charge in [-0.25, -0.2) is 4.98 Å². The largest absolute Gasteiger partial charge is 0.297 e. The number of nitrogens with one attached hydrogen (secondary N) is 2. The Balaban J connectivity index is 1.69. The first kappa shape index (κ1) is 14.3. The summed E-state index contributed by atoms with van der Waals surface area (Å²) in [4.78, 5) is 20.9. The Kier molecular flexibility index (Phi) is 3.17. The fourth-order valence-electron chi connectivity index (χ4n) is 5.55. The molecule has 1 aromatic rings. The Bertz CT molecular complexity index is 569. The maximum absolute atomic E-state index is 13.1. The summed E-state index contributed by atoms with van der Waals surface area (Å²) in [6.45, 7) is 8.46. The van der Waals surface area contributed by atoms with Gasteiger partial charge in [-0.1, -0.05) is 25.8 Å². The van der Waals surface area contributed by atoms with E-state index in [1.807, 2.05) is 12.3 Å². The number of quaternary nitrogens is 2. The SMILES string of the molecule is CCCCC12C[NH+]3CC(C)(C[NH+](C1)C3c1ccccn1)C2=O. The average Bonchev–Trinajstić information content (AvgIpc) is 2.50. The lowest BCUT2D eigenvalue weighted by atomic mass is 9.59. The molecule has 0 aliphatic carbocycles. The van der Waals surface area contributed by atoms with Gasteiger partial charge in [-0.3, -0.25) is 14.6 Å². The molecule has 4 aliphatic rings. The highest BCUT2D eigenvalue weighted by atomic mass is 16.1. The standard InChI is InChI=1S/C18H25N3O/c1-3-4-8-18-12-20-10-17(2,16(18)22)11-21(13-18)15(20)14-7-5-6-9-19-14/h5-7,9,15H,3-4,8,10-13H2,1-2H3/p+2. The van der Waals surface area contributed by atoms with E-state index in [9.17, 15) is 4.79 Å². The van der Waals surface area contributed by atoms with Crippen molar-refractivity contribution in [2.24, 2.45) is 10.8 Å². The molecule has 0 aromatic carbocycles. The molecular formula is C18H27N3O+2. The van der Waals surface area contributed by atoms with E-state index >= 15 is 0 Å². The summed E-state index contributed by atoms with van der Waals surface area (Å²) in [7, 11) is 0. The molecule has 4 saturated heterocycles. The van der Waals surface area contributed by atoms with E-state index in [-0.39, 0.29) is 10.8 Å². The second kappa shape index (κ2) is 4.87. The van der Waals surface area contributed by atoms with Crippen molar-refractivity contribution < 1.29 is 14.6 Å². The number of unbranched alkanes of at least 4 members (excludes halogenated alkanes) is 1. The van der Waals surface area contributed by atoms with Gasteiger partial charge in [-0.2, -0.15) is 0 Å². The molecular weight excluding hydrogens is 274 g/mol. The van der Waals surface area contributed by atoms with Gasteiger partial charge in [-0.05, 0) is 25.5 Å². The molecule has 4 aliphatic heterocycles. The second-order valence-corrected chi connectivity index (χ2v) is 7.98. The summed E-state index contributed by atoms with van der Waals surface area (Å²) in [6, 6.07) is 6.24. The summed E-state index contributed by atoms with van der Waals surface area (Å²) in [5.41, 5.74) is 1.03. The lowest BCUT2D eigenvalue weighted by molar-refractivity contribution is -1.18. The topological polar surface area (TPSA) is 38.8 Å². The van der Waals surface area contributed by atoms with Gasteiger partial charge in [0.2, 0.25) is 0 Å². The minimum Gasteiger partial charge on any atom is -0.297 e. The minimum atomic E-state index is -0.111. The van der Waals surface area contributed by atoms with Crippen molar-refractivity contribution in [3.05, 3.63) is 30.1 Å². The van der Waals surface area contributed by atoms with Crippen molar-refractivity contribution in [1.29, 1.82) is 0 Å². The highest BCUT2D eigenvalue weighted by molar-refractivity contribution is 5.91. The number of nitrogens with zero attached hydrogens (tertiary/aromatic N) is 1. The van der Waals surface area contributed by atoms with Crippen LogP contribution in [0, 0.1) is 10.8 Å². The number of carbonyl (C=O) groups excluding carboxylic acids is 1. The molecule has 4 nitrogen and oxygen atoms in total. The van der Waals surface area contributed by atoms with Gasteiger partial charge in [0.25, 0.3) is 6.17 Å². The summed E-state index contributed by atoms with van der Waals surface area (Å²) in [5.74, 6) is 0.570. The predicted octanol–water partition coefficient (Wildman–Crippen LogP) is -0.357. The van der Waals surface area contributed by atoms with Crippen LogP contribution in [0.15, 0.2) is 24.4 Å². The Morgan fingerprint density at radius 3 is 2.55 bits per heavy atom. The number of pyridine rings is 1. The van der Waals surface area contributed by atoms with Crippen molar-refractivity contribution in [3.63, 3.8) is 0 Å². The Morgan fingerprint density at radius 1 is 1.23 bits per heavy atom. The molecule has 1 aromatic heterocycles. The van der Waals surface area contributed by atoms with E-state index in [1.54, 1.807) is 9.80 Å². The highest BCUT2D eigenvalue weighted by Gasteiger charge is 2.69. The Morgan fingerprint density at radius 2 is 1.95 bits per heavy atom. The number of Topliss-reactive ketones (excluding diaryl/α,β-unsaturated/α-hetero) is 1. The van der Waals surface area contributed by atoms with Crippen LogP contribution in [0.3, 0.4) is 0 Å². The summed E-state index contributed by atoms with van der Waals surface area (Å²) in [6.07, 6.45) is 5.77. The van der Waals surface area contributed by atoms with Crippen molar-refractivity contribution in [1.82, 2.24) is 4.98 Å². The smallest absolute Gasteiger partial charge is 0.257 e. The number of rotatable bonds is 4. The third kappa shape index (κ3) is 1.90. The van der Waals surface area contributed by atoms with Crippen molar-refractivity contribution in [3.8, 4) is 0 Å². The van der Waals surface area contributed by atoms with Crippen LogP contribution in [0.2, 0.25) is 0 Å². The Labute approximate surface area is 132 Å². The Hall–Kier alpha value is -1.26. The van der Waals surface area contributed by atoms with Gasteiger partial charge in [-0.15, -0.1) is 0 Å². The summed E-state index contributed by atoms with van der Waals surface area (Å²) >= 11 is 0. The molecule has 2 unspecified atom stereocenters. The molecule has 118 valence electrons. The molecule has 4 bridgehead atoms. The fourth-order valence-corrected chi connectivity index (χ4v) is 5.55. The number of aromatic nitrogens is 1. The van der Waals surface area contributed by atoms with Crippen LogP contribution in [0.25, 0.3) is 0 Å². The van der Waals surface area contributed by atoms with Crippen molar-refractivity contribution >= 4 is 5.78 Å². The number of carbonyl (C=O) groups is 1. The molecule has 22 heavy (non-hydrogen) atoms. The van der Waals surface area contributed by atoms with Gasteiger partial charge in [0, 0.05) is 6.20 Å². The number of hydrogen-bond acceptors (Lipinski definition) is 2. The van der Waals surface area contributed by atoms with Crippen LogP contribution in [0.1, 0.15) is 45.0 Å². The molecule has 4 heteroatoms. The average molecular weight is 301 g/mol. The number of ketones is 1. The van der Waals surface area contributed by atoms with E-state index in [2.05, 4.69) is 31.0 Å². The van der Waals surface area contributed by atoms with Crippen LogP contribution < -0.4 is 9.80 Å². The van der Waals surface area contributed by atoms with Crippen LogP contribution in [-0.4, -0.2) is 36.9 Å². The molecule has 5 rings (SSSR count). The zero-order valence-corrected chi connectivity index (χ0v) is 13.7. The molecule has 4 fully saturated rings. The molecule has 2 N–H and O–H groups in total. The first-order valence-electron chi connectivity index (χ1n) is 8.73. The molecule has 0 radical (unpaired) electrons. The van der Waals surface area contributed by atoms with Crippen LogP contribution >= 0.6 is 0 Å².